The Morgan fingerprint density at radius 3 is 2.45 bits per heavy atom. The van der Waals surface area contributed by atoms with Gasteiger partial charge >= 0.3 is 0 Å². The number of aliphatic hydroxyl groups is 1. The molecule has 0 radical (unpaired) electrons. The lowest BCUT2D eigenvalue weighted by atomic mass is 10.3. The predicted octanol–water partition coefficient (Wildman–Crippen LogP) is 2.76. The number of halogens is 2. The van der Waals surface area contributed by atoms with Gasteiger partial charge in [-0.25, -0.2) is 0 Å². The summed E-state index contributed by atoms with van der Waals surface area (Å²) in [5, 5.41) is 11.1. The summed E-state index contributed by atoms with van der Waals surface area (Å²) in [7, 11) is 0. The monoisotopic (exact) mass is 346 g/mol. The maximum atomic E-state index is 10.2. The summed E-state index contributed by atoms with van der Waals surface area (Å²) in [4.78, 5) is 4.73. The Kier molecular flexibility index (Phi) is 7.25. The highest BCUT2D eigenvalue weighted by molar-refractivity contribution is 6.37. The van der Waals surface area contributed by atoms with Crippen molar-refractivity contribution in [2.24, 2.45) is 0 Å². The summed E-state index contributed by atoms with van der Waals surface area (Å²) >= 11 is 12.1. The number of nitrogens with zero attached hydrogens (tertiary/aromatic N) is 2. The number of aliphatic hydroxyl groups excluding tert-OH is 1. The van der Waals surface area contributed by atoms with Crippen molar-refractivity contribution in [1.82, 2.24) is 9.80 Å². The molecule has 2 rings (SSSR count). The summed E-state index contributed by atoms with van der Waals surface area (Å²) in [5.74, 6) is 0.443. The van der Waals surface area contributed by atoms with E-state index >= 15 is 0 Å². The van der Waals surface area contributed by atoms with E-state index in [-0.39, 0.29) is 6.61 Å². The largest absolute Gasteiger partial charge is 0.488 e. The van der Waals surface area contributed by atoms with Gasteiger partial charge in [-0.2, -0.15) is 0 Å². The number of rotatable bonds is 6. The average molecular weight is 347 g/mol. The number of likely N-dealkylation sites (N-methyl/N-ethyl adjacent to an activating group) is 1. The minimum atomic E-state index is -0.555. The minimum Gasteiger partial charge on any atom is -0.488 e. The zero-order chi connectivity index (χ0) is 15.9. The fourth-order valence-electron chi connectivity index (χ4n) is 2.67. The van der Waals surface area contributed by atoms with Crippen LogP contribution in [0.1, 0.15) is 13.3 Å². The molecule has 0 amide bonds. The third-order valence-electron chi connectivity index (χ3n) is 3.94. The summed E-state index contributed by atoms with van der Waals surface area (Å²) < 4.78 is 5.59. The van der Waals surface area contributed by atoms with Crippen molar-refractivity contribution >= 4 is 23.2 Å². The molecule has 1 unspecified atom stereocenters. The standard InChI is InChI=1S/C16H24Cl2N2O2/c1-2-19-7-4-8-20(10-9-19)11-13(21)12-22-16-14(17)5-3-6-15(16)18/h3,5-6,13,21H,2,4,7-12H2,1H3. The van der Waals surface area contributed by atoms with Gasteiger partial charge in [-0.1, -0.05) is 36.2 Å². The second-order valence-corrected chi connectivity index (χ2v) is 6.42. The third-order valence-corrected chi connectivity index (χ3v) is 4.53. The number of para-hydroxylation sites is 1. The Bertz CT molecular complexity index is 453. The maximum Gasteiger partial charge on any atom is 0.156 e. The highest BCUT2D eigenvalue weighted by Gasteiger charge is 2.17. The van der Waals surface area contributed by atoms with E-state index in [1.165, 1.54) is 0 Å². The van der Waals surface area contributed by atoms with E-state index in [4.69, 9.17) is 27.9 Å². The Balaban J connectivity index is 1.79. The fourth-order valence-corrected chi connectivity index (χ4v) is 3.18. The summed E-state index contributed by atoms with van der Waals surface area (Å²) in [5.41, 5.74) is 0. The lowest BCUT2D eigenvalue weighted by Crippen LogP contribution is -2.38. The molecule has 1 aliphatic heterocycles. The van der Waals surface area contributed by atoms with Crippen LogP contribution in [0.3, 0.4) is 0 Å². The van der Waals surface area contributed by atoms with E-state index in [1.54, 1.807) is 18.2 Å². The molecule has 1 aromatic rings. The van der Waals surface area contributed by atoms with E-state index < -0.39 is 6.10 Å². The summed E-state index contributed by atoms with van der Waals surface area (Å²) in [6.07, 6.45) is 0.582. The molecule has 1 aromatic carbocycles. The topological polar surface area (TPSA) is 35.9 Å². The van der Waals surface area contributed by atoms with Crippen molar-refractivity contribution in [1.29, 1.82) is 0 Å². The quantitative estimate of drug-likeness (QED) is 0.859. The second kappa shape index (κ2) is 8.94. The molecule has 0 spiro atoms. The lowest BCUT2D eigenvalue weighted by Gasteiger charge is -2.24. The first-order valence-corrected chi connectivity index (χ1v) is 8.55. The van der Waals surface area contributed by atoms with Crippen molar-refractivity contribution in [3.63, 3.8) is 0 Å². The van der Waals surface area contributed by atoms with Gasteiger partial charge in [0.2, 0.25) is 0 Å². The van der Waals surface area contributed by atoms with Gasteiger partial charge in [-0.15, -0.1) is 0 Å². The number of benzene rings is 1. The van der Waals surface area contributed by atoms with Crippen LogP contribution >= 0.6 is 23.2 Å². The number of ether oxygens (including phenoxy) is 1. The molecule has 1 aliphatic rings. The van der Waals surface area contributed by atoms with Crippen molar-refractivity contribution in [2.75, 3.05) is 45.9 Å². The van der Waals surface area contributed by atoms with Crippen LogP contribution < -0.4 is 4.74 Å². The molecule has 1 heterocycles. The number of hydrogen-bond donors (Lipinski definition) is 1. The van der Waals surface area contributed by atoms with Crippen molar-refractivity contribution in [3.05, 3.63) is 28.2 Å². The van der Waals surface area contributed by atoms with Crippen LogP contribution in [0.4, 0.5) is 0 Å². The zero-order valence-corrected chi connectivity index (χ0v) is 14.5. The molecule has 1 atom stereocenters. The van der Waals surface area contributed by atoms with Gasteiger partial charge < -0.3 is 14.7 Å². The SMILES string of the molecule is CCN1CCCN(CC(O)COc2c(Cl)cccc2Cl)CC1. The normalized spacial score (nSPS) is 18.9. The molecular formula is C16H24Cl2N2O2. The highest BCUT2D eigenvalue weighted by atomic mass is 35.5. The van der Waals surface area contributed by atoms with Gasteiger partial charge in [-0.05, 0) is 38.2 Å². The van der Waals surface area contributed by atoms with Crippen molar-refractivity contribution in [3.8, 4) is 5.75 Å². The fraction of sp³-hybridized carbons (Fsp3) is 0.625. The maximum absolute atomic E-state index is 10.2. The van der Waals surface area contributed by atoms with E-state index in [1.807, 2.05) is 0 Å². The van der Waals surface area contributed by atoms with Crippen LogP contribution in [0.5, 0.6) is 5.75 Å². The predicted molar refractivity (Wildman–Crippen MR) is 91.1 cm³/mol. The van der Waals surface area contributed by atoms with Crippen molar-refractivity contribution < 1.29 is 9.84 Å². The zero-order valence-electron chi connectivity index (χ0n) is 13.0. The van der Waals surface area contributed by atoms with Gasteiger partial charge in [-0.3, -0.25) is 4.90 Å². The number of β-amino-alcohol motifs (C(OH)–C–C–N with tert-alkyl or cyclic N) is 1. The minimum absolute atomic E-state index is 0.192. The first-order valence-electron chi connectivity index (χ1n) is 7.79. The number of hydrogen-bond acceptors (Lipinski definition) is 4. The van der Waals surface area contributed by atoms with Gasteiger partial charge in [0.15, 0.2) is 5.75 Å². The van der Waals surface area contributed by atoms with Gasteiger partial charge in [0.1, 0.15) is 12.7 Å². The van der Waals surface area contributed by atoms with Crippen LogP contribution in [-0.2, 0) is 0 Å². The molecule has 0 saturated carbocycles. The molecule has 0 aliphatic carbocycles. The van der Waals surface area contributed by atoms with Gasteiger partial charge in [0, 0.05) is 19.6 Å². The molecule has 6 heteroatoms. The molecule has 1 N–H and O–H groups in total. The molecule has 124 valence electrons. The molecule has 22 heavy (non-hydrogen) atoms. The van der Waals surface area contributed by atoms with Crippen molar-refractivity contribution in [2.45, 2.75) is 19.4 Å². The molecule has 0 aromatic heterocycles. The Morgan fingerprint density at radius 2 is 1.77 bits per heavy atom. The molecule has 0 bridgehead atoms. The summed E-state index contributed by atoms with van der Waals surface area (Å²) in [6, 6.07) is 5.22. The molecule has 1 saturated heterocycles. The highest BCUT2D eigenvalue weighted by Crippen LogP contribution is 2.32. The first kappa shape index (κ1) is 17.8. The third kappa shape index (κ3) is 5.28. The van der Waals surface area contributed by atoms with Crippen LogP contribution in [0, 0.1) is 0 Å². The van der Waals surface area contributed by atoms with Crippen LogP contribution in [0.15, 0.2) is 18.2 Å². The average Bonchev–Trinajstić information content (AvgIpc) is 2.72. The second-order valence-electron chi connectivity index (χ2n) is 5.60. The Hall–Kier alpha value is -0.520. The first-order chi connectivity index (χ1) is 10.6. The van der Waals surface area contributed by atoms with Crippen LogP contribution in [0.25, 0.3) is 0 Å². The molecule has 1 fully saturated rings. The molecular weight excluding hydrogens is 323 g/mol. The van der Waals surface area contributed by atoms with E-state index in [9.17, 15) is 5.11 Å². The smallest absolute Gasteiger partial charge is 0.156 e. The lowest BCUT2D eigenvalue weighted by molar-refractivity contribution is 0.0695. The van der Waals surface area contributed by atoms with Gasteiger partial charge in [0.25, 0.3) is 0 Å². The van der Waals surface area contributed by atoms with Gasteiger partial charge in [0.05, 0.1) is 10.0 Å². The molecule has 4 nitrogen and oxygen atoms in total. The van der Waals surface area contributed by atoms with E-state index in [0.29, 0.717) is 22.3 Å². The Morgan fingerprint density at radius 1 is 1.14 bits per heavy atom. The van der Waals surface area contributed by atoms with Crippen LogP contribution in [-0.4, -0.2) is 66.9 Å². The van der Waals surface area contributed by atoms with Crippen LogP contribution in [0.2, 0.25) is 10.0 Å². The summed E-state index contributed by atoms with van der Waals surface area (Å²) in [6.45, 7) is 8.26. The van der Waals surface area contributed by atoms with E-state index in [2.05, 4.69) is 16.7 Å². The van der Waals surface area contributed by atoms with E-state index in [0.717, 1.165) is 39.1 Å². The Labute approximate surface area is 142 Å².